The highest BCUT2D eigenvalue weighted by atomic mass is 16.5. The van der Waals surface area contributed by atoms with Gasteiger partial charge in [-0.25, -0.2) is 4.98 Å². The zero-order chi connectivity index (χ0) is 14.0. The first-order chi connectivity index (χ1) is 8.87. The van der Waals surface area contributed by atoms with Gasteiger partial charge in [0, 0.05) is 12.6 Å². The van der Waals surface area contributed by atoms with Crippen LogP contribution in [0.5, 0.6) is 0 Å². The van der Waals surface area contributed by atoms with Gasteiger partial charge in [-0.3, -0.25) is 4.79 Å². The number of carbonyl (C=O) groups is 1. The first-order valence-electron chi connectivity index (χ1n) is 6.33. The zero-order valence-electron chi connectivity index (χ0n) is 11.3. The summed E-state index contributed by atoms with van der Waals surface area (Å²) >= 11 is 0. The second-order valence-corrected chi connectivity index (χ2v) is 5.46. The van der Waals surface area contributed by atoms with E-state index in [4.69, 9.17) is 16.2 Å². The van der Waals surface area contributed by atoms with Crippen LogP contribution in [-0.2, 0) is 4.74 Å². The maximum Gasteiger partial charge on any atom is 0.250 e. The molecule has 1 aliphatic rings. The summed E-state index contributed by atoms with van der Waals surface area (Å²) in [5, 5.41) is 3.30. The summed E-state index contributed by atoms with van der Waals surface area (Å²) in [4.78, 5) is 15.4. The number of hydrogen-bond acceptors (Lipinski definition) is 5. The average molecular weight is 264 g/mol. The lowest BCUT2D eigenvalue weighted by atomic mass is 9.94. The summed E-state index contributed by atoms with van der Waals surface area (Å²) in [7, 11) is 0. The lowest BCUT2D eigenvalue weighted by Gasteiger charge is -2.36. The van der Waals surface area contributed by atoms with Crippen LogP contribution in [-0.4, -0.2) is 29.1 Å². The predicted octanol–water partition coefficient (Wildman–Crippen LogP) is 1.13. The predicted molar refractivity (Wildman–Crippen MR) is 73.8 cm³/mol. The number of rotatable bonds is 3. The van der Waals surface area contributed by atoms with Crippen LogP contribution in [0.4, 0.5) is 11.5 Å². The minimum Gasteiger partial charge on any atom is -0.397 e. The van der Waals surface area contributed by atoms with Crippen molar-refractivity contribution in [1.82, 2.24) is 4.98 Å². The molecule has 19 heavy (non-hydrogen) atoms. The fourth-order valence-corrected chi connectivity index (χ4v) is 2.32. The molecular weight excluding hydrogens is 244 g/mol. The number of nitrogens with one attached hydrogen (secondary N) is 1. The van der Waals surface area contributed by atoms with Crippen molar-refractivity contribution in [2.45, 2.75) is 38.3 Å². The third-order valence-corrected chi connectivity index (χ3v) is 3.25. The van der Waals surface area contributed by atoms with Gasteiger partial charge in [0.05, 0.1) is 23.0 Å². The maximum atomic E-state index is 11.2. The number of carbonyl (C=O) groups excluding carboxylic acids is 1. The number of ether oxygens (including phenoxy) is 1. The van der Waals surface area contributed by atoms with Crippen molar-refractivity contribution in [3.63, 3.8) is 0 Å². The van der Waals surface area contributed by atoms with Crippen LogP contribution in [0, 0.1) is 0 Å². The number of amides is 1. The van der Waals surface area contributed by atoms with Gasteiger partial charge in [-0.15, -0.1) is 0 Å². The summed E-state index contributed by atoms with van der Waals surface area (Å²) in [5.74, 6) is 0.0703. The molecule has 1 aromatic heterocycles. The van der Waals surface area contributed by atoms with E-state index in [1.54, 1.807) is 6.07 Å². The summed E-state index contributed by atoms with van der Waals surface area (Å²) in [6.07, 6.45) is 3.24. The summed E-state index contributed by atoms with van der Waals surface area (Å²) < 4.78 is 5.66. The number of pyridine rings is 1. The second-order valence-electron chi connectivity index (χ2n) is 5.46. The summed E-state index contributed by atoms with van der Waals surface area (Å²) in [6.45, 7) is 4.83. The van der Waals surface area contributed by atoms with E-state index in [0.29, 0.717) is 23.7 Å². The molecule has 0 aliphatic carbocycles. The Kier molecular flexibility index (Phi) is 3.61. The van der Waals surface area contributed by atoms with Crippen LogP contribution in [0.2, 0.25) is 0 Å². The molecule has 1 aromatic rings. The Labute approximate surface area is 112 Å². The molecule has 5 N–H and O–H groups in total. The van der Waals surface area contributed by atoms with E-state index in [1.807, 2.05) is 0 Å². The summed E-state index contributed by atoms with van der Waals surface area (Å²) in [5.41, 5.74) is 11.4. The van der Waals surface area contributed by atoms with Gasteiger partial charge in [0.25, 0.3) is 5.91 Å². The van der Waals surface area contributed by atoms with Gasteiger partial charge in [0.15, 0.2) is 0 Å². The van der Waals surface area contributed by atoms with Crippen LogP contribution in [0.15, 0.2) is 12.3 Å². The molecule has 0 aromatic carbocycles. The van der Waals surface area contributed by atoms with Crippen molar-refractivity contribution >= 4 is 17.4 Å². The molecule has 1 saturated heterocycles. The average Bonchev–Trinajstić information content (AvgIpc) is 2.30. The largest absolute Gasteiger partial charge is 0.397 e. The molecule has 6 nitrogen and oxygen atoms in total. The van der Waals surface area contributed by atoms with E-state index in [1.165, 1.54) is 6.20 Å². The third-order valence-electron chi connectivity index (χ3n) is 3.25. The van der Waals surface area contributed by atoms with Crippen molar-refractivity contribution in [1.29, 1.82) is 0 Å². The molecule has 0 spiro atoms. The van der Waals surface area contributed by atoms with E-state index < -0.39 is 5.91 Å². The van der Waals surface area contributed by atoms with Gasteiger partial charge in [0.2, 0.25) is 0 Å². The van der Waals surface area contributed by atoms with Crippen molar-refractivity contribution in [2.24, 2.45) is 5.73 Å². The smallest absolute Gasteiger partial charge is 0.250 e. The van der Waals surface area contributed by atoms with Gasteiger partial charge in [-0.05, 0) is 32.8 Å². The van der Waals surface area contributed by atoms with E-state index in [0.717, 1.165) is 12.8 Å². The molecule has 1 aliphatic heterocycles. The second kappa shape index (κ2) is 5.05. The first kappa shape index (κ1) is 13.6. The highest BCUT2D eigenvalue weighted by molar-refractivity contribution is 5.98. The standard InChI is InChI=1S/C13H20N4O2/c1-13(2)6-8(3-4-19-13)17-11-5-9(12(15)18)10(14)7-16-11/h5,7-8H,3-4,6,14H2,1-2H3,(H2,15,18)(H,16,17). The minimum absolute atomic E-state index is 0.143. The van der Waals surface area contributed by atoms with Gasteiger partial charge < -0.3 is 21.5 Å². The molecule has 1 unspecified atom stereocenters. The Morgan fingerprint density at radius 1 is 1.58 bits per heavy atom. The Morgan fingerprint density at radius 3 is 2.95 bits per heavy atom. The van der Waals surface area contributed by atoms with Gasteiger partial charge in [-0.2, -0.15) is 0 Å². The van der Waals surface area contributed by atoms with E-state index >= 15 is 0 Å². The fraction of sp³-hybridized carbons (Fsp3) is 0.538. The molecule has 1 fully saturated rings. The SMILES string of the molecule is CC1(C)CC(Nc2cc(C(N)=O)c(N)cn2)CCO1. The third kappa shape index (κ3) is 3.35. The molecule has 0 saturated carbocycles. The van der Waals surface area contributed by atoms with Gasteiger partial charge >= 0.3 is 0 Å². The van der Waals surface area contributed by atoms with Crippen molar-refractivity contribution in [2.75, 3.05) is 17.7 Å². The Morgan fingerprint density at radius 2 is 2.32 bits per heavy atom. The van der Waals surface area contributed by atoms with Crippen LogP contribution >= 0.6 is 0 Å². The molecule has 6 heteroatoms. The number of nitrogen functional groups attached to an aromatic ring is 1. The number of hydrogen-bond donors (Lipinski definition) is 3. The molecule has 0 bridgehead atoms. The minimum atomic E-state index is -0.546. The van der Waals surface area contributed by atoms with Gasteiger partial charge in [-0.1, -0.05) is 0 Å². The van der Waals surface area contributed by atoms with Crippen molar-refractivity contribution in [3.05, 3.63) is 17.8 Å². The molecule has 2 heterocycles. The molecular formula is C13H20N4O2. The van der Waals surface area contributed by atoms with Crippen molar-refractivity contribution in [3.8, 4) is 0 Å². The fourth-order valence-electron chi connectivity index (χ4n) is 2.32. The highest BCUT2D eigenvalue weighted by Crippen LogP contribution is 2.26. The maximum absolute atomic E-state index is 11.2. The van der Waals surface area contributed by atoms with E-state index in [-0.39, 0.29) is 11.6 Å². The molecule has 1 atom stereocenters. The molecule has 0 radical (unpaired) electrons. The van der Waals surface area contributed by atoms with Gasteiger partial charge in [0.1, 0.15) is 5.82 Å². The van der Waals surface area contributed by atoms with Crippen LogP contribution in [0.25, 0.3) is 0 Å². The first-order valence-corrected chi connectivity index (χ1v) is 6.33. The molecule has 104 valence electrons. The Bertz CT molecular complexity index is 488. The number of nitrogens with zero attached hydrogens (tertiary/aromatic N) is 1. The Hall–Kier alpha value is -1.82. The van der Waals surface area contributed by atoms with Crippen LogP contribution < -0.4 is 16.8 Å². The number of aromatic nitrogens is 1. The highest BCUT2D eigenvalue weighted by Gasteiger charge is 2.29. The summed E-state index contributed by atoms with van der Waals surface area (Å²) in [6, 6.07) is 1.86. The van der Waals surface area contributed by atoms with Crippen LogP contribution in [0.3, 0.4) is 0 Å². The number of anilines is 2. The normalized spacial score (nSPS) is 21.9. The van der Waals surface area contributed by atoms with Crippen LogP contribution in [0.1, 0.15) is 37.0 Å². The quantitative estimate of drug-likeness (QED) is 0.759. The number of nitrogens with two attached hydrogens (primary N) is 2. The molecule has 2 rings (SSSR count). The van der Waals surface area contributed by atoms with E-state index in [2.05, 4.69) is 24.1 Å². The number of primary amides is 1. The van der Waals surface area contributed by atoms with E-state index in [9.17, 15) is 4.79 Å². The zero-order valence-corrected chi connectivity index (χ0v) is 11.3. The monoisotopic (exact) mass is 264 g/mol. The lowest BCUT2D eigenvalue weighted by Crippen LogP contribution is -2.40. The lowest BCUT2D eigenvalue weighted by molar-refractivity contribution is -0.0553. The van der Waals surface area contributed by atoms with Crippen molar-refractivity contribution < 1.29 is 9.53 Å². The molecule has 1 amide bonds. The Balaban J connectivity index is 2.11. The topological polar surface area (TPSA) is 103 Å².